The smallest absolute Gasteiger partial charge is 0.153 e. The monoisotopic (exact) mass is 302 g/mol. The zero-order valence-electron chi connectivity index (χ0n) is 12.4. The van der Waals surface area contributed by atoms with Crippen molar-refractivity contribution in [1.82, 2.24) is 10.9 Å². The molecule has 0 amide bonds. The highest BCUT2D eigenvalue weighted by molar-refractivity contribution is 5.79. The summed E-state index contributed by atoms with van der Waals surface area (Å²) in [7, 11) is 1.76. The summed E-state index contributed by atoms with van der Waals surface area (Å²) in [5.74, 6) is -0.523. The van der Waals surface area contributed by atoms with Gasteiger partial charge in [-0.25, -0.2) is 4.39 Å². The number of allylic oxidation sites excluding steroid dienone is 3. The lowest BCUT2D eigenvalue weighted by Crippen LogP contribution is -2.41. The zero-order valence-corrected chi connectivity index (χ0v) is 12.4. The highest BCUT2D eigenvalue weighted by atomic mass is 19.1. The van der Waals surface area contributed by atoms with Crippen LogP contribution in [0.25, 0.3) is 0 Å². The van der Waals surface area contributed by atoms with Crippen LogP contribution in [0.4, 0.5) is 4.39 Å². The summed E-state index contributed by atoms with van der Waals surface area (Å²) in [6, 6.07) is 4.41. The minimum Gasteiger partial charge on any atom is -0.298 e. The Morgan fingerprint density at radius 3 is 2.82 bits per heavy atom. The van der Waals surface area contributed by atoms with Gasteiger partial charge in [-0.1, -0.05) is 18.2 Å². The molecule has 0 bridgehead atoms. The molecule has 0 saturated heterocycles. The number of carbonyl (C=O) groups is 2. The summed E-state index contributed by atoms with van der Waals surface area (Å²) in [6.07, 6.45) is 7.42. The second kappa shape index (κ2) is 7.77. The van der Waals surface area contributed by atoms with Crippen LogP contribution in [0, 0.1) is 5.82 Å². The second-order valence-electron chi connectivity index (χ2n) is 5.16. The van der Waals surface area contributed by atoms with E-state index in [1.54, 1.807) is 19.2 Å². The quantitative estimate of drug-likeness (QED) is 0.598. The van der Waals surface area contributed by atoms with E-state index in [1.807, 2.05) is 12.2 Å². The first-order valence-corrected chi connectivity index (χ1v) is 7.20. The average molecular weight is 302 g/mol. The summed E-state index contributed by atoms with van der Waals surface area (Å²) in [6.45, 7) is 0. The van der Waals surface area contributed by atoms with E-state index in [2.05, 4.69) is 10.9 Å². The zero-order chi connectivity index (χ0) is 15.9. The van der Waals surface area contributed by atoms with Gasteiger partial charge in [-0.2, -0.15) is 0 Å². The van der Waals surface area contributed by atoms with E-state index in [4.69, 9.17) is 0 Å². The largest absolute Gasteiger partial charge is 0.298 e. The van der Waals surface area contributed by atoms with Crippen molar-refractivity contribution >= 4 is 12.6 Å². The maximum Gasteiger partial charge on any atom is 0.153 e. The molecular formula is C17H19FN2O2. The van der Waals surface area contributed by atoms with Gasteiger partial charge in [0.1, 0.15) is 12.1 Å². The first-order chi connectivity index (χ1) is 10.7. The van der Waals surface area contributed by atoms with Crippen LogP contribution in [0.15, 0.2) is 41.5 Å². The number of benzene rings is 1. The lowest BCUT2D eigenvalue weighted by atomic mass is 9.89. The Hall–Kier alpha value is -2.11. The Kier molecular flexibility index (Phi) is 5.75. The molecule has 1 aliphatic rings. The van der Waals surface area contributed by atoms with Crippen molar-refractivity contribution in [3.05, 3.63) is 58.4 Å². The molecule has 5 heteroatoms. The van der Waals surface area contributed by atoms with Crippen molar-refractivity contribution in [3.63, 3.8) is 0 Å². The van der Waals surface area contributed by atoms with E-state index < -0.39 is 5.82 Å². The van der Waals surface area contributed by atoms with Crippen LogP contribution < -0.4 is 10.9 Å². The summed E-state index contributed by atoms with van der Waals surface area (Å²) in [5.41, 5.74) is 8.62. The number of hydrogen-bond donors (Lipinski definition) is 2. The third-order valence-electron chi connectivity index (χ3n) is 3.74. The molecule has 0 fully saturated rings. The minimum atomic E-state index is -0.523. The van der Waals surface area contributed by atoms with Gasteiger partial charge < -0.3 is 0 Å². The Morgan fingerprint density at radius 1 is 1.32 bits per heavy atom. The lowest BCUT2D eigenvalue weighted by Gasteiger charge is -2.24. The highest BCUT2D eigenvalue weighted by Crippen LogP contribution is 2.23. The van der Waals surface area contributed by atoms with Crippen LogP contribution >= 0.6 is 0 Å². The number of carbonyl (C=O) groups excluding carboxylic acids is 2. The number of halogens is 1. The Bertz CT molecular complexity index is 623. The maximum absolute atomic E-state index is 13.4. The molecule has 0 heterocycles. The molecule has 0 saturated carbocycles. The SMILES string of the molecule is CNNC(Cc1ccc(F)c(C=O)c1)C1=C(C=O)C=CCC1. The number of aldehydes is 2. The Labute approximate surface area is 129 Å². The van der Waals surface area contributed by atoms with Gasteiger partial charge in [0.25, 0.3) is 0 Å². The fourth-order valence-electron chi connectivity index (χ4n) is 2.67. The molecule has 1 unspecified atom stereocenters. The van der Waals surface area contributed by atoms with Crippen LogP contribution in [-0.4, -0.2) is 25.7 Å². The summed E-state index contributed by atoms with van der Waals surface area (Å²) in [5, 5.41) is 0. The molecule has 22 heavy (non-hydrogen) atoms. The summed E-state index contributed by atoms with van der Waals surface area (Å²) < 4.78 is 13.4. The number of nitrogens with one attached hydrogen (secondary N) is 2. The van der Waals surface area contributed by atoms with Gasteiger partial charge in [0, 0.05) is 11.6 Å². The first kappa shape index (κ1) is 16.3. The van der Waals surface area contributed by atoms with Gasteiger partial charge in [-0.15, -0.1) is 0 Å². The molecule has 0 spiro atoms. The molecule has 1 aromatic rings. The molecule has 0 aliphatic heterocycles. The van der Waals surface area contributed by atoms with Crippen molar-refractivity contribution in [3.8, 4) is 0 Å². The van der Waals surface area contributed by atoms with E-state index in [-0.39, 0.29) is 11.6 Å². The normalized spacial score (nSPS) is 15.7. The van der Waals surface area contributed by atoms with E-state index >= 15 is 0 Å². The fourth-order valence-corrected chi connectivity index (χ4v) is 2.67. The van der Waals surface area contributed by atoms with Crippen LogP contribution in [0.3, 0.4) is 0 Å². The predicted molar refractivity (Wildman–Crippen MR) is 82.9 cm³/mol. The molecule has 1 aromatic carbocycles. The molecule has 116 valence electrons. The predicted octanol–water partition coefficient (Wildman–Crippen LogP) is 2.12. The summed E-state index contributed by atoms with van der Waals surface area (Å²) >= 11 is 0. The number of rotatable bonds is 7. The number of hydrogen-bond acceptors (Lipinski definition) is 4. The van der Waals surface area contributed by atoms with Crippen molar-refractivity contribution < 1.29 is 14.0 Å². The Morgan fingerprint density at radius 2 is 2.14 bits per heavy atom. The molecule has 1 aliphatic carbocycles. The molecule has 2 N–H and O–H groups in total. The van der Waals surface area contributed by atoms with Crippen LogP contribution in [0.1, 0.15) is 28.8 Å². The van der Waals surface area contributed by atoms with Crippen molar-refractivity contribution in [2.75, 3.05) is 7.05 Å². The first-order valence-electron chi connectivity index (χ1n) is 7.20. The average Bonchev–Trinajstić information content (AvgIpc) is 2.56. The van der Waals surface area contributed by atoms with Crippen LogP contribution in [-0.2, 0) is 11.2 Å². The highest BCUT2D eigenvalue weighted by Gasteiger charge is 2.19. The molecule has 1 atom stereocenters. The van der Waals surface area contributed by atoms with Gasteiger partial charge in [-0.05, 0) is 49.6 Å². The maximum atomic E-state index is 13.4. The van der Waals surface area contributed by atoms with E-state index in [0.717, 1.165) is 30.3 Å². The van der Waals surface area contributed by atoms with Crippen molar-refractivity contribution in [1.29, 1.82) is 0 Å². The number of hydrazine groups is 1. The van der Waals surface area contributed by atoms with Crippen molar-refractivity contribution in [2.45, 2.75) is 25.3 Å². The molecular weight excluding hydrogens is 283 g/mol. The molecule has 0 radical (unpaired) electrons. The van der Waals surface area contributed by atoms with Gasteiger partial charge in [0.05, 0.1) is 5.56 Å². The van der Waals surface area contributed by atoms with Crippen molar-refractivity contribution in [2.24, 2.45) is 0 Å². The Balaban J connectivity index is 2.29. The lowest BCUT2D eigenvalue weighted by molar-refractivity contribution is -0.104. The third-order valence-corrected chi connectivity index (χ3v) is 3.74. The standard InChI is InChI=1S/C17H19FN2O2/c1-19-20-17(15-5-3-2-4-13(15)10-21)9-12-6-7-16(18)14(8-12)11-22/h2,4,6-8,10-11,17,19-20H,3,5,9H2,1H3. The second-order valence-corrected chi connectivity index (χ2v) is 5.16. The van der Waals surface area contributed by atoms with E-state index in [0.29, 0.717) is 18.3 Å². The molecule has 2 rings (SSSR count). The van der Waals surface area contributed by atoms with Crippen LogP contribution in [0.2, 0.25) is 0 Å². The third kappa shape index (κ3) is 3.75. The summed E-state index contributed by atoms with van der Waals surface area (Å²) in [4.78, 5) is 22.1. The molecule has 4 nitrogen and oxygen atoms in total. The topological polar surface area (TPSA) is 58.2 Å². The minimum absolute atomic E-state index is 0.0499. The van der Waals surface area contributed by atoms with E-state index in [9.17, 15) is 14.0 Å². The fraction of sp³-hybridized carbons (Fsp3) is 0.294. The van der Waals surface area contributed by atoms with Gasteiger partial charge in [0.15, 0.2) is 6.29 Å². The van der Waals surface area contributed by atoms with Gasteiger partial charge in [0.2, 0.25) is 0 Å². The van der Waals surface area contributed by atoms with Gasteiger partial charge in [-0.3, -0.25) is 20.4 Å². The van der Waals surface area contributed by atoms with E-state index in [1.165, 1.54) is 6.07 Å². The van der Waals surface area contributed by atoms with Crippen LogP contribution in [0.5, 0.6) is 0 Å². The molecule has 0 aromatic heterocycles. The van der Waals surface area contributed by atoms with Gasteiger partial charge >= 0.3 is 0 Å².